The van der Waals surface area contributed by atoms with E-state index in [0.29, 0.717) is 10.7 Å². The van der Waals surface area contributed by atoms with Gasteiger partial charge >= 0.3 is 0 Å². The maximum atomic E-state index is 12.7. The van der Waals surface area contributed by atoms with Crippen LogP contribution in [0.1, 0.15) is 24.8 Å². The molecule has 124 valence electrons. The molecule has 0 fully saturated rings. The van der Waals surface area contributed by atoms with Gasteiger partial charge in [0, 0.05) is 21.5 Å². The largest absolute Gasteiger partial charge is 0.503 e. The van der Waals surface area contributed by atoms with Gasteiger partial charge in [0.15, 0.2) is 11.5 Å². The number of ketones is 1. The molecule has 1 amide bonds. The second-order valence-electron chi connectivity index (χ2n) is 5.85. The molecule has 0 bridgehead atoms. The minimum Gasteiger partial charge on any atom is -0.503 e. The highest BCUT2D eigenvalue weighted by atomic mass is 35.5. The van der Waals surface area contributed by atoms with Gasteiger partial charge < -0.3 is 5.11 Å². The molecule has 24 heavy (non-hydrogen) atoms. The monoisotopic (exact) mass is 361 g/mol. The Morgan fingerprint density at radius 1 is 1.29 bits per heavy atom. The predicted octanol–water partition coefficient (Wildman–Crippen LogP) is 4.53. The van der Waals surface area contributed by atoms with Crippen molar-refractivity contribution in [2.24, 2.45) is 5.92 Å². The molecule has 3 rings (SSSR count). The maximum Gasteiger partial charge on any atom is 0.294 e. The van der Waals surface area contributed by atoms with Crippen molar-refractivity contribution < 1.29 is 14.7 Å². The molecule has 1 atom stereocenters. The number of anilines is 1. The number of carbonyl (C=O) groups excluding carboxylic acids is 2. The van der Waals surface area contributed by atoms with Crippen LogP contribution in [0.2, 0.25) is 5.02 Å². The SMILES string of the molecule is CC(C)C(=O)C1=C(O)C(=O)N(c2cccc(Cl)c2)C1c1cccs1. The highest BCUT2D eigenvalue weighted by Gasteiger charge is 2.45. The zero-order valence-electron chi connectivity index (χ0n) is 13.2. The highest BCUT2D eigenvalue weighted by Crippen LogP contribution is 2.43. The molecule has 0 saturated heterocycles. The number of thiophene rings is 1. The summed E-state index contributed by atoms with van der Waals surface area (Å²) >= 11 is 7.49. The van der Waals surface area contributed by atoms with E-state index < -0.39 is 17.7 Å². The molecule has 6 heteroatoms. The first-order valence-corrected chi connectivity index (χ1v) is 8.77. The molecular weight excluding hydrogens is 346 g/mol. The summed E-state index contributed by atoms with van der Waals surface area (Å²) in [5.74, 6) is -1.62. The van der Waals surface area contributed by atoms with E-state index in [-0.39, 0.29) is 17.3 Å². The van der Waals surface area contributed by atoms with Crippen molar-refractivity contribution >= 4 is 40.3 Å². The molecule has 0 aliphatic carbocycles. The Labute approximate surface area is 149 Å². The summed E-state index contributed by atoms with van der Waals surface area (Å²) in [7, 11) is 0. The number of aliphatic hydroxyl groups is 1. The van der Waals surface area contributed by atoms with Crippen LogP contribution in [0.25, 0.3) is 0 Å². The van der Waals surface area contributed by atoms with Gasteiger partial charge in [0.05, 0.1) is 5.57 Å². The fraction of sp³-hybridized carbons (Fsp3) is 0.222. The van der Waals surface area contributed by atoms with Crippen LogP contribution in [0.5, 0.6) is 0 Å². The van der Waals surface area contributed by atoms with Crippen molar-refractivity contribution in [3.63, 3.8) is 0 Å². The van der Waals surface area contributed by atoms with Crippen LogP contribution < -0.4 is 4.90 Å². The molecule has 0 saturated carbocycles. The fourth-order valence-electron chi connectivity index (χ4n) is 2.78. The van der Waals surface area contributed by atoms with Crippen molar-refractivity contribution in [2.45, 2.75) is 19.9 Å². The molecule has 1 aromatic carbocycles. The van der Waals surface area contributed by atoms with Gasteiger partial charge in [-0.15, -0.1) is 11.3 Å². The van der Waals surface area contributed by atoms with Crippen LogP contribution in [0.15, 0.2) is 53.1 Å². The van der Waals surface area contributed by atoms with E-state index >= 15 is 0 Å². The molecule has 4 nitrogen and oxygen atoms in total. The lowest BCUT2D eigenvalue weighted by Crippen LogP contribution is -2.31. The van der Waals surface area contributed by atoms with E-state index in [1.165, 1.54) is 16.2 Å². The Morgan fingerprint density at radius 3 is 2.62 bits per heavy atom. The molecule has 1 N–H and O–H groups in total. The zero-order chi connectivity index (χ0) is 17.4. The number of hydrogen-bond donors (Lipinski definition) is 1. The van der Waals surface area contributed by atoms with E-state index in [4.69, 9.17) is 11.6 Å². The van der Waals surface area contributed by atoms with E-state index in [2.05, 4.69) is 0 Å². The van der Waals surface area contributed by atoms with Crippen LogP contribution in [0.3, 0.4) is 0 Å². The van der Waals surface area contributed by atoms with Crippen molar-refractivity contribution in [3.05, 3.63) is 63.0 Å². The minimum atomic E-state index is -0.633. The van der Waals surface area contributed by atoms with Gasteiger partial charge in [-0.25, -0.2) is 0 Å². The smallest absolute Gasteiger partial charge is 0.294 e. The van der Waals surface area contributed by atoms with E-state index in [1.807, 2.05) is 17.5 Å². The molecule has 1 unspecified atom stereocenters. The van der Waals surface area contributed by atoms with E-state index in [0.717, 1.165) is 4.88 Å². The number of benzene rings is 1. The summed E-state index contributed by atoms with van der Waals surface area (Å²) in [5.41, 5.74) is 0.696. The van der Waals surface area contributed by atoms with Crippen molar-refractivity contribution in [2.75, 3.05) is 4.90 Å². The van der Waals surface area contributed by atoms with Gasteiger partial charge in [-0.3, -0.25) is 14.5 Å². The number of aliphatic hydroxyl groups excluding tert-OH is 1. The third-order valence-corrected chi connectivity index (χ3v) is 5.06. The third-order valence-electron chi connectivity index (χ3n) is 3.90. The number of amides is 1. The average Bonchev–Trinajstić information content (AvgIpc) is 3.14. The lowest BCUT2D eigenvalue weighted by Gasteiger charge is -2.26. The Morgan fingerprint density at radius 2 is 2.04 bits per heavy atom. The fourth-order valence-corrected chi connectivity index (χ4v) is 3.78. The van der Waals surface area contributed by atoms with Crippen LogP contribution in [-0.4, -0.2) is 16.8 Å². The summed E-state index contributed by atoms with van der Waals surface area (Å²) in [5, 5.41) is 12.7. The van der Waals surface area contributed by atoms with E-state index in [1.54, 1.807) is 38.1 Å². The molecule has 0 radical (unpaired) electrons. The highest BCUT2D eigenvalue weighted by molar-refractivity contribution is 7.10. The summed E-state index contributed by atoms with van der Waals surface area (Å²) in [6, 6.07) is 9.90. The number of halogens is 1. The van der Waals surface area contributed by atoms with Crippen molar-refractivity contribution in [3.8, 4) is 0 Å². The van der Waals surface area contributed by atoms with Gasteiger partial charge in [0.2, 0.25) is 0 Å². The summed E-state index contributed by atoms with van der Waals surface area (Å²) in [6.07, 6.45) is 0. The molecule has 1 aromatic heterocycles. The molecule has 1 aliphatic heterocycles. The van der Waals surface area contributed by atoms with Gasteiger partial charge in [-0.2, -0.15) is 0 Å². The lowest BCUT2D eigenvalue weighted by molar-refractivity contribution is -0.119. The van der Waals surface area contributed by atoms with Crippen LogP contribution >= 0.6 is 22.9 Å². The lowest BCUT2D eigenvalue weighted by atomic mass is 9.94. The van der Waals surface area contributed by atoms with Gasteiger partial charge in [0.25, 0.3) is 5.91 Å². The Balaban J connectivity index is 2.17. The normalized spacial score (nSPS) is 17.9. The molecule has 0 spiro atoms. The quantitative estimate of drug-likeness (QED) is 0.870. The van der Waals surface area contributed by atoms with Crippen molar-refractivity contribution in [1.29, 1.82) is 0 Å². The van der Waals surface area contributed by atoms with Gasteiger partial charge in [-0.05, 0) is 29.6 Å². The second kappa shape index (κ2) is 6.42. The number of hydrogen-bond acceptors (Lipinski definition) is 4. The first-order chi connectivity index (χ1) is 11.4. The van der Waals surface area contributed by atoms with Crippen LogP contribution in [0.4, 0.5) is 5.69 Å². The molecule has 1 aliphatic rings. The standard InChI is InChI=1S/C18H16ClNO3S/c1-10(2)16(21)14-15(13-7-4-8-24-13)20(18(23)17(14)22)12-6-3-5-11(19)9-12/h3-10,15,22H,1-2H3. The topological polar surface area (TPSA) is 57.6 Å². The first-order valence-electron chi connectivity index (χ1n) is 7.51. The van der Waals surface area contributed by atoms with Gasteiger partial charge in [0.1, 0.15) is 6.04 Å². The molecule has 2 heterocycles. The Bertz CT molecular complexity index is 827. The summed E-state index contributed by atoms with van der Waals surface area (Å²) in [4.78, 5) is 27.6. The number of carbonyl (C=O) groups is 2. The first kappa shape index (κ1) is 16.7. The van der Waals surface area contributed by atoms with E-state index in [9.17, 15) is 14.7 Å². The molecule has 2 aromatic rings. The van der Waals surface area contributed by atoms with Crippen LogP contribution in [-0.2, 0) is 9.59 Å². The maximum absolute atomic E-state index is 12.7. The summed E-state index contributed by atoms with van der Waals surface area (Å²) < 4.78 is 0. The Hall–Kier alpha value is -2.11. The average molecular weight is 362 g/mol. The predicted molar refractivity (Wildman–Crippen MR) is 95.5 cm³/mol. The number of rotatable bonds is 4. The van der Waals surface area contributed by atoms with Crippen LogP contribution in [0, 0.1) is 5.92 Å². The number of Topliss-reactive ketones (excluding diaryl/α,β-unsaturated/α-hetero) is 1. The van der Waals surface area contributed by atoms with Crippen molar-refractivity contribution in [1.82, 2.24) is 0 Å². The molecular formula is C18H16ClNO3S. The Kier molecular flexibility index (Phi) is 4.47. The second-order valence-corrected chi connectivity index (χ2v) is 7.27. The zero-order valence-corrected chi connectivity index (χ0v) is 14.8. The third kappa shape index (κ3) is 2.74. The summed E-state index contributed by atoms with van der Waals surface area (Å²) in [6.45, 7) is 3.50. The minimum absolute atomic E-state index is 0.150. The number of nitrogens with zero attached hydrogens (tertiary/aromatic N) is 1. The van der Waals surface area contributed by atoms with Gasteiger partial charge in [-0.1, -0.05) is 37.6 Å².